The Bertz CT molecular complexity index is 620. The fourth-order valence-corrected chi connectivity index (χ4v) is 4.11. The predicted octanol–water partition coefficient (Wildman–Crippen LogP) is 2.16. The van der Waals surface area contributed by atoms with Crippen LogP contribution < -0.4 is 5.73 Å². The van der Waals surface area contributed by atoms with Gasteiger partial charge in [0.15, 0.2) is 0 Å². The second-order valence-corrected chi connectivity index (χ2v) is 5.78. The molecule has 94 valence electrons. The topological polar surface area (TPSA) is 68.9 Å². The molecular formula is C13H15N3OS. The summed E-state index contributed by atoms with van der Waals surface area (Å²) in [7, 11) is 0. The zero-order valence-electron chi connectivity index (χ0n) is 10.3. The quantitative estimate of drug-likeness (QED) is 0.920. The highest BCUT2D eigenvalue weighted by molar-refractivity contribution is 7.18. The van der Waals surface area contributed by atoms with Gasteiger partial charge in [-0.05, 0) is 30.7 Å². The molecule has 0 saturated heterocycles. The monoisotopic (exact) mass is 261 g/mol. The Kier molecular flexibility index (Phi) is 2.78. The Morgan fingerprint density at radius 1 is 1.56 bits per heavy atom. The molecule has 18 heavy (non-hydrogen) atoms. The summed E-state index contributed by atoms with van der Waals surface area (Å²) >= 11 is 1.74. The van der Waals surface area contributed by atoms with Crippen molar-refractivity contribution in [3.63, 3.8) is 0 Å². The van der Waals surface area contributed by atoms with E-state index in [9.17, 15) is 4.79 Å². The van der Waals surface area contributed by atoms with E-state index in [1.165, 1.54) is 15.8 Å². The smallest absolute Gasteiger partial charge is 0.218 e. The number of amides is 1. The van der Waals surface area contributed by atoms with Gasteiger partial charge in [0.05, 0.1) is 5.69 Å². The lowest BCUT2D eigenvalue weighted by Gasteiger charge is -2.09. The standard InChI is InChI=1S/C13H15N3OS/c1-2-8-12-11-7(5-10(14)17)3-4-9(11)18-13(12)16-6-15-8/h6-7H,2-5H2,1H3,(H2,14,17)/t7-/m1/s1. The molecule has 3 rings (SSSR count). The second kappa shape index (κ2) is 4.31. The molecule has 0 aromatic carbocycles. The molecule has 0 spiro atoms. The first-order valence-corrected chi connectivity index (χ1v) is 7.05. The van der Waals surface area contributed by atoms with Crippen LogP contribution in [0.15, 0.2) is 6.33 Å². The molecule has 2 heterocycles. The molecule has 5 heteroatoms. The van der Waals surface area contributed by atoms with E-state index in [4.69, 9.17) is 5.73 Å². The molecule has 0 saturated carbocycles. The Hall–Kier alpha value is -1.49. The fourth-order valence-electron chi connectivity index (χ4n) is 2.84. The van der Waals surface area contributed by atoms with E-state index in [1.54, 1.807) is 17.7 Å². The van der Waals surface area contributed by atoms with Crippen molar-refractivity contribution in [1.29, 1.82) is 0 Å². The van der Waals surface area contributed by atoms with Crippen molar-refractivity contribution in [2.75, 3.05) is 0 Å². The van der Waals surface area contributed by atoms with Crippen LogP contribution in [0.3, 0.4) is 0 Å². The van der Waals surface area contributed by atoms with Gasteiger partial charge in [0.1, 0.15) is 11.2 Å². The van der Waals surface area contributed by atoms with E-state index in [2.05, 4.69) is 16.9 Å². The van der Waals surface area contributed by atoms with Crippen LogP contribution in [0.4, 0.5) is 0 Å². The number of carbonyl (C=O) groups is 1. The van der Waals surface area contributed by atoms with Crippen LogP contribution >= 0.6 is 11.3 Å². The number of nitrogens with zero attached hydrogens (tertiary/aromatic N) is 2. The van der Waals surface area contributed by atoms with Gasteiger partial charge in [-0.25, -0.2) is 9.97 Å². The average molecular weight is 261 g/mol. The summed E-state index contributed by atoms with van der Waals surface area (Å²) in [6.07, 6.45) is 5.04. The Morgan fingerprint density at radius 2 is 2.39 bits per heavy atom. The number of fused-ring (bicyclic) bond motifs is 3. The molecular weight excluding hydrogens is 246 g/mol. The molecule has 1 atom stereocenters. The van der Waals surface area contributed by atoms with E-state index in [1.807, 2.05) is 0 Å². The average Bonchev–Trinajstić information content (AvgIpc) is 2.88. The maximum absolute atomic E-state index is 11.2. The minimum atomic E-state index is -0.220. The van der Waals surface area contributed by atoms with Crippen LogP contribution in [0.2, 0.25) is 0 Å². The van der Waals surface area contributed by atoms with Crippen molar-refractivity contribution in [3.8, 4) is 0 Å². The minimum Gasteiger partial charge on any atom is -0.370 e. The largest absolute Gasteiger partial charge is 0.370 e. The number of aromatic nitrogens is 2. The third kappa shape index (κ3) is 1.70. The summed E-state index contributed by atoms with van der Waals surface area (Å²) in [5.41, 5.74) is 7.74. The maximum Gasteiger partial charge on any atom is 0.218 e. The van der Waals surface area contributed by atoms with Crippen LogP contribution in [0, 0.1) is 0 Å². The third-order valence-electron chi connectivity index (χ3n) is 3.59. The van der Waals surface area contributed by atoms with Gasteiger partial charge in [0.2, 0.25) is 5.91 Å². The van der Waals surface area contributed by atoms with Crippen LogP contribution in [0.25, 0.3) is 10.2 Å². The molecule has 2 aromatic rings. The SMILES string of the molecule is CCc1ncnc2sc3c(c12)[C@@H](CC(N)=O)CC3. The molecule has 1 amide bonds. The van der Waals surface area contributed by atoms with Crippen LogP contribution in [0.5, 0.6) is 0 Å². The maximum atomic E-state index is 11.2. The molecule has 0 bridgehead atoms. The first kappa shape index (κ1) is 11.6. The van der Waals surface area contributed by atoms with Crippen molar-refractivity contribution in [1.82, 2.24) is 9.97 Å². The summed E-state index contributed by atoms with van der Waals surface area (Å²) in [5, 5.41) is 1.18. The Labute approximate surface area is 109 Å². The third-order valence-corrected chi connectivity index (χ3v) is 4.76. The number of aryl methyl sites for hydroxylation is 2. The van der Waals surface area contributed by atoms with Gasteiger partial charge in [-0.1, -0.05) is 6.92 Å². The van der Waals surface area contributed by atoms with E-state index < -0.39 is 0 Å². The molecule has 0 radical (unpaired) electrons. The molecule has 2 aromatic heterocycles. The second-order valence-electron chi connectivity index (χ2n) is 4.70. The van der Waals surface area contributed by atoms with Crippen LogP contribution in [-0.2, 0) is 17.6 Å². The Balaban J connectivity index is 2.18. The molecule has 0 unspecified atom stereocenters. The zero-order chi connectivity index (χ0) is 12.7. The number of thiophene rings is 1. The Morgan fingerprint density at radius 3 is 3.11 bits per heavy atom. The lowest BCUT2D eigenvalue weighted by molar-refractivity contribution is -0.118. The van der Waals surface area contributed by atoms with Gasteiger partial charge in [0, 0.05) is 16.7 Å². The van der Waals surface area contributed by atoms with E-state index in [0.29, 0.717) is 6.42 Å². The molecule has 4 nitrogen and oxygen atoms in total. The highest BCUT2D eigenvalue weighted by atomic mass is 32.1. The molecule has 2 N–H and O–H groups in total. The highest BCUT2D eigenvalue weighted by Crippen LogP contribution is 2.45. The summed E-state index contributed by atoms with van der Waals surface area (Å²) < 4.78 is 0. The van der Waals surface area contributed by atoms with E-state index in [-0.39, 0.29) is 11.8 Å². The van der Waals surface area contributed by atoms with Crippen molar-refractivity contribution in [2.24, 2.45) is 5.73 Å². The van der Waals surface area contributed by atoms with Crippen LogP contribution in [0.1, 0.15) is 41.8 Å². The van der Waals surface area contributed by atoms with E-state index in [0.717, 1.165) is 29.8 Å². The highest BCUT2D eigenvalue weighted by Gasteiger charge is 2.29. The molecule has 1 aliphatic rings. The van der Waals surface area contributed by atoms with Crippen LogP contribution in [-0.4, -0.2) is 15.9 Å². The molecule has 0 aliphatic heterocycles. The summed E-state index contributed by atoms with van der Waals surface area (Å²) in [6.45, 7) is 2.10. The van der Waals surface area contributed by atoms with Crippen molar-refractivity contribution in [2.45, 2.75) is 38.5 Å². The summed E-state index contributed by atoms with van der Waals surface area (Å²) in [5.74, 6) is 0.0460. The number of primary amides is 1. The van der Waals surface area contributed by atoms with Gasteiger partial charge >= 0.3 is 0 Å². The van der Waals surface area contributed by atoms with Gasteiger partial charge in [-0.2, -0.15) is 0 Å². The molecule has 0 fully saturated rings. The summed E-state index contributed by atoms with van der Waals surface area (Å²) in [6, 6.07) is 0. The minimum absolute atomic E-state index is 0.220. The summed E-state index contributed by atoms with van der Waals surface area (Å²) in [4.78, 5) is 22.3. The number of nitrogens with two attached hydrogens (primary N) is 1. The van der Waals surface area contributed by atoms with Gasteiger partial charge < -0.3 is 5.73 Å². The number of hydrogen-bond donors (Lipinski definition) is 1. The fraction of sp³-hybridized carbons (Fsp3) is 0.462. The first-order chi connectivity index (χ1) is 8.70. The predicted molar refractivity (Wildman–Crippen MR) is 71.7 cm³/mol. The van der Waals surface area contributed by atoms with Gasteiger partial charge in [0.25, 0.3) is 0 Å². The van der Waals surface area contributed by atoms with Crippen molar-refractivity contribution in [3.05, 3.63) is 22.5 Å². The first-order valence-electron chi connectivity index (χ1n) is 6.24. The normalized spacial score (nSPS) is 18.2. The van der Waals surface area contributed by atoms with Crippen molar-refractivity contribution < 1.29 is 4.79 Å². The molecule has 1 aliphatic carbocycles. The lowest BCUT2D eigenvalue weighted by Crippen LogP contribution is -2.14. The number of rotatable bonds is 3. The lowest BCUT2D eigenvalue weighted by atomic mass is 9.96. The van der Waals surface area contributed by atoms with E-state index >= 15 is 0 Å². The van der Waals surface area contributed by atoms with Crippen molar-refractivity contribution >= 4 is 27.5 Å². The van der Waals surface area contributed by atoms with Gasteiger partial charge in [-0.3, -0.25) is 4.79 Å². The zero-order valence-corrected chi connectivity index (χ0v) is 11.1. The number of hydrogen-bond acceptors (Lipinski definition) is 4. The number of carbonyl (C=O) groups excluding carboxylic acids is 1. The van der Waals surface area contributed by atoms with Gasteiger partial charge in [-0.15, -0.1) is 11.3 Å².